The number of halogens is 1. The van der Waals surface area contributed by atoms with Crippen LogP contribution in [0.25, 0.3) is 0 Å². The Morgan fingerprint density at radius 1 is 1.23 bits per heavy atom. The van der Waals surface area contributed by atoms with Gasteiger partial charge in [-0.25, -0.2) is 5.43 Å². The fourth-order valence-corrected chi connectivity index (χ4v) is 2.77. The van der Waals surface area contributed by atoms with E-state index in [2.05, 4.69) is 33.1 Å². The molecule has 2 aromatic carbocycles. The van der Waals surface area contributed by atoms with E-state index in [-0.39, 0.29) is 19.3 Å². The molecule has 0 radical (unpaired) electrons. The number of hydrogen-bond donors (Lipinski definition) is 1. The molecule has 0 aliphatic carbocycles. The van der Waals surface area contributed by atoms with Crippen molar-refractivity contribution in [1.29, 1.82) is 0 Å². The summed E-state index contributed by atoms with van der Waals surface area (Å²) in [4.78, 5) is 11.9. The number of hydrazone groups is 1. The average molecular weight is 468 g/mol. The van der Waals surface area contributed by atoms with Gasteiger partial charge in [-0.05, 0) is 47.7 Å². The molecule has 136 valence electrons. The van der Waals surface area contributed by atoms with Crippen molar-refractivity contribution in [3.63, 3.8) is 0 Å². The topological polar surface area (TPSA) is 78.4 Å². The van der Waals surface area contributed by atoms with Gasteiger partial charge in [-0.2, -0.15) is 5.10 Å². The number of carbonyl (C=O) groups is 1. The second-order valence-electron chi connectivity index (χ2n) is 5.19. The second kappa shape index (κ2) is 8.75. The molecule has 0 fully saturated rings. The highest BCUT2D eigenvalue weighted by atomic mass is 127. The SMILES string of the molecule is CCOc1cc2c(cc1/C=N\NC(=O)COc1ccccc1I)OCO2. The molecule has 0 unspecified atom stereocenters. The van der Waals surface area contributed by atoms with Crippen molar-refractivity contribution in [2.75, 3.05) is 20.0 Å². The lowest BCUT2D eigenvalue weighted by atomic mass is 10.2. The Morgan fingerprint density at radius 2 is 2.00 bits per heavy atom. The van der Waals surface area contributed by atoms with Crippen LogP contribution >= 0.6 is 22.6 Å². The van der Waals surface area contributed by atoms with Gasteiger partial charge in [0.15, 0.2) is 18.1 Å². The van der Waals surface area contributed by atoms with Crippen molar-refractivity contribution in [3.05, 3.63) is 45.5 Å². The van der Waals surface area contributed by atoms with Gasteiger partial charge in [-0.3, -0.25) is 4.79 Å². The zero-order valence-electron chi connectivity index (χ0n) is 14.0. The number of carbonyl (C=O) groups excluding carboxylic acids is 1. The number of para-hydroxylation sites is 1. The third-order valence-electron chi connectivity index (χ3n) is 3.39. The Balaban J connectivity index is 1.59. The Kier molecular flexibility index (Phi) is 6.16. The van der Waals surface area contributed by atoms with E-state index in [1.807, 2.05) is 25.1 Å². The molecule has 1 N–H and O–H groups in total. The molecule has 0 saturated heterocycles. The lowest BCUT2D eigenvalue weighted by molar-refractivity contribution is -0.123. The van der Waals surface area contributed by atoms with E-state index >= 15 is 0 Å². The number of rotatable bonds is 7. The molecular formula is C18H17IN2O5. The summed E-state index contributed by atoms with van der Waals surface area (Å²) < 4.78 is 22.7. The zero-order chi connectivity index (χ0) is 18.4. The monoisotopic (exact) mass is 468 g/mol. The summed E-state index contributed by atoms with van der Waals surface area (Å²) in [5.41, 5.74) is 3.11. The summed E-state index contributed by atoms with van der Waals surface area (Å²) in [7, 11) is 0. The highest BCUT2D eigenvalue weighted by Crippen LogP contribution is 2.37. The van der Waals surface area contributed by atoms with Gasteiger partial charge in [0.25, 0.3) is 5.91 Å². The fourth-order valence-electron chi connectivity index (χ4n) is 2.23. The normalized spacial score (nSPS) is 12.2. The third-order valence-corrected chi connectivity index (χ3v) is 4.28. The Labute approximate surface area is 164 Å². The molecule has 1 amide bonds. The number of hydrogen-bond acceptors (Lipinski definition) is 6. The fraction of sp³-hybridized carbons (Fsp3) is 0.222. The second-order valence-corrected chi connectivity index (χ2v) is 6.35. The highest BCUT2D eigenvalue weighted by molar-refractivity contribution is 14.1. The van der Waals surface area contributed by atoms with E-state index in [0.29, 0.717) is 35.2 Å². The van der Waals surface area contributed by atoms with E-state index < -0.39 is 0 Å². The van der Waals surface area contributed by atoms with E-state index in [0.717, 1.165) is 3.57 Å². The van der Waals surface area contributed by atoms with Gasteiger partial charge >= 0.3 is 0 Å². The lowest BCUT2D eigenvalue weighted by Crippen LogP contribution is -2.24. The standard InChI is InChI=1S/C18H17IN2O5/c1-2-23-15-8-17-16(25-11-26-17)7-12(15)9-20-21-18(22)10-24-14-6-4-3-5-13(14)19/h3-9H,2,10-11H2,1H3,(H,21,22)/b20-9-. The molecule has 26 heavy (non-hydrogen) atoms. The number of benzene rings is 2. The van der Waals surface area contributed by atoms with Crippen molar-refractivity contribution < 1.29 is 23.7 Å². The summed E-state index contributed by atoms with van der Waals surface area (Å²) >= 11 is 2.15. The minimum Gasteiger partial charge on any atom is -0.493 e. The van der Waals surface area contributed by atoms with E-state index in [4.69, 9.17) is 18.9 Å². The Bertz CT molecular complexity index is 825. The van der Waals surface area contributed by atoms with Crippen LogP contribution in [0.1, 0.15) is 12.5 Å². The molecular weight excluding hydrogens is 451 g/mol. The first kappa shape index (κ1) is 18.3. The van der Waals surface area contributed by atoms with Gasteiger partial charge in [-0.1, -0.05) is 12.1 Å². The molecule has 0 atom stereocenters. The molecule has 0 saturated carbocycles. The maximum atomic E-state index is 11.9. The van der Waals surface area contributed by atoms with Crippen LogP contribution in [0.3, 0.4) is 0 Å². The summed E-state index contributed by atoms with van der Waals surface area (Å²) in [6.45, 7) is 2.43. The predicted molar refractivity (Wildman–Crippen MR) is 104 cm³/mol. The lowest BCUT2D eigenvalue weighted by Gasteiger charge is -2.08. The van der Waals surface area contributed by atoms with Gasteiger partial charge in [0.05, 0.1) is 16.4 Å². The highest BCUT2D eigenvalue weighted by Gasteiger charge is 2.17. The minimum atomic E-state index is -0.361. The van der Waals surface area contributed by atoms with Gasteiger partial charge in [0, 0.05) is 11.6 Å². The third kappa shape index (κ3) is 4.57. The number of amides is 1. The summed E-state index contributed by atoms with van der Waals surface area (Å²) in [6, 6.07) is 11.0. The Morgan fingerprint density at radius 3 is 2.77 bits per heavy atom. The molecule has 2 aromatic rings. The van der Waals surface area contributed by atoms with Crippen molar-refractivity contribution in [2.45, 2.75) is 6.92 Å². The predicted octanol–water partition coefficient (Wildman–Crippen LogP) is 2.95. The van der Waals surface area contributed by atoms with Crippen LogP contribution in [0, 0.1) is 3.57 Å². The molecule has 8 heteroatoms. The first-order valence-electron chi connectivity index (χ1n) is 7.93. The van der Waals surface area contributed by atoms with Crippen LogP contribution in [0.15, 0.2) is 41.5 Å². The van der Waals surface area contributed by atoms with Crippen molar-refractivity contribution in [2.24, 2.45) is 5.10 Å². The van der Waals surface area contributed by atoms with Crippen molar-refractivity contribution in [1.82, 2.24) is 5.43 Å². The molecule has 0 aromatic heterocycles. The quantitative estimate of drug-likeness (QED) is 0.384. The molecule has 1 aliphatic heterocycles. The number of nitrogens with zero attached hydrogens (tertiary/aromatic N) is 1. The van der Waals surface area contributed by atoms with Gasteiger partial charge in [0.2, 0.25) is 6.79 Å². The maximum absolute atomic E-state index is 11.9. The molecule has 3 rings (SSSR count). The van der Waals surface area contributed by atoms with Crippen LogP contribution in [0.4, 0.5) is 0 Å². The van der Waals surface area contributed by atoms with Crippen LogP contribution in [0.2, 0.25) is 0 Å². The molecule has 0 bridgehead atoms. The Hall–Kier alpha value is -2.49. The van der Waals surface area contributed by atoms with Crippen LogP contribution < -0.4 is 24.4 Å². The smallest absolute Gasteiger partial charge is 0.277 e. The van der Waals surface area contributed by atoms with Crippen molar-refractivity contribution >= 4 is 34.7 Å². The number of fused-ring (bicyclic) bond motifs is 1. The number of nitrogens with one attached hydrogen (secondary N) is 1. The zero-order valence-corrected chi connectivity index (χ0v) is 16.2. The van der Waals surface area contributed by atoms with Gasteiger partial charge < -0.3 is 18.9 Å². The molecule has 7 nitrogen and oxygen atoms in total. The molecule has 1 heterocycles. The van der Waals surface area contributed by atoms with Crippen LogP contribution in [-0.4, -0.2) is 32.1 Å². The minimum absolute atomic E-state index is 0.128. The summed E-state index contributed by atoms with van der Waals surface area (Å²) in [5, 5.41) is 3.96. The summed E-state index contributed by atoms with van der Waals surface area (Å²) in [6.07, 6.45) is 1.50. The first-order valence-corrected chi connectivity index (χ1v) is 9.01. The maximum Gasteiger partial charge on any atom is 0.277 e. The van der Waals surface area contributed by atoms with E-state index in [1.54, 1.807) is 18.2 Å². The van der Waals surface area contributed by atoms with Crippen LogP contribution in [-0.2, 0) is 4.79 Å². The number of ether oxygens (including phenoxy) is 4. The largest absolute Gasteiger partial charge is 0.493 e. The van der Waals surface area contributed by atoms with Crippen molar-refractivity contribution in [3.8, 4) is 23.0 Å². The first-order chi connectivity index (χ1) is 12.7. The van der Waals surface area contributed by atoms with Gasteiger partial charge in [0.1, 0.15) is 11.5 Å². The molecule has 0 spiro atoms. The van der Waals surface area contributed by atoms with E-state index in [1.165, 1.54) is 6.21 Å². The van der Waals surface area contributed by atoms with Gasteiger partial charge in [-0.15, -0.1) is 0 Å². The van der Waals surface area contributed by atoms with E-state index in [9.17, 15) is 4.79 Å². The average Bonchev–Trinajstić information content (AvgIpc) is 3.08. The summed E-state index contributed by atoms with van der Waals surface area (Å²) in [5.74, 6) is 2.13. The molecule has 1 aliphatic rings. The van der Waals surface area contributed by atoms with Crippen LogP contribution in [0.5, 0.6) is 23.0 Å².